The minimum atomic E-state index is -0.363. The molecule has 5 nitrogen and oxygen atoms in total. The normalized spacial score (nSPS) is 22.0. The molecule has 0 bridgehead atoms. The average Bonchev–Trinajstić information content (AvgIpc) is 3.20. The van der Waals surface area contributed by atoms with Crippen LogP contribution in [-0.4, -0.2) is 31.1 Å². The first-order chi connectivity index (χ1) is 12.1. The molecule has 0 spiro atoms. The van der Waals surface area contributed by atoms with Crippen LogP contribution in [0.15, 0.2) is 48.5 Å². The Hall–Kier alpha value is -2.66. The van der Waals surface area contributed by atoms with Gasteiger partial charge in [0.2, 0.25) is 0 Å². The van der Waals surface area contributed by atoms with Gasteiger partial charge in [0.1, 0.15) is 6.61 Å². The van der Waals surface area contributed by atoms with Gasteiger partial charge in [0, 0.05) is 29.6 Å². The van der Waals surface area contributed by atoms with E-state index in [1.165, 1.54) is 5.56 Å². The van der Waals surface area contributed by atoms with E-state index in [0.717, 1.165) is 12.0 Å². The van der Waals surface area contributed by atoms with Gasteiger partial charge in [0.15, 0.2) is 5.78 Å². The van der Waals surface area contributed by atoms with E-state index in [1.54, 1.807) is 23.1 Å². The van der Waals surface area contributed by atoms with Gasteiger partial charge in [-0.15, -0.1) is 0 Å². The number of nitrogens with two attached hydrogens (primary N) is 1. The van der Waals surface area contributed by atoms with Crippen molar-refractivity contribution in [2.75, 3.05) is 18.1 Å². The molecule has 1 aliphatic carbocycles. The van der Waals surface area contributed by atoms with E-state index < -0.39 is 0 Å². The maximum Gasteiger partial charge on any atom is 0.414 e. The first-order valence-electron chi connectivity index (χ1n) is 8.54. The molecule has 128 valence electrons. The quantitative estimate of drug-likeness (QED) is 0.852. The molecule has 4 rings (SSSR count). The van der Waals surface area contributed by atoms with Crippen LogP contribution in [0.5, 0.6) is 0 Å². The number of hydrogen-bond donors (Lipinski definition) is 1. The van der Waals surface area contributed by atoms with Crippen molar-refractivity contribution in [2.24, 2.45) is 5.73 Å². The number of carbonyl (C=O) groups is 2. The molecule has 1 saturated carbocycles. The van der Waals surface area contributed by atoms with Crippen molar-refractivity contribution >= 4 is 17.6 Å². The zero-order chi connectivity index (χ0) is 17.4. The number of hydrogen-bond acceptors (Lipinski definition) is 4. The summed E-state index contributed by atoms with van der Waals surface area (Å²) in [5.41, 5.74) is 9.41. The Morgan fingerprint density at radius 2 is 1.96 bits per heavy atom. The van der Waals surface area contributed by atoms with E-state index in [4.69, 9.17) is 10.5 Å². The number of rotatable bonds is 5. The lowest BCUT2D eigenvalue weighted by atomic mass is 10.0. The third kappa shape index (κ3) is 3.28. The molecule has 1 saturated heterocycles. The molecule has 25 heavy (non-hydrogen) atoms. The van der Waals surface area contributed by atoms with E-state index in [0.29, 0.717) is 36.7 Å². The van der Waals surface area contributed by atoms with Crippen LogP contribution in [0.2, 0.25) is 0 Å². The van der Waals surface area contributed by atoms with Gasteiger partial charge in [-0.25, -0.2) is 4.79 Å². The van der Waals surface area contributed by atoms with Crippen molar-refractivity contribution in [1.29, 1.82) is 0 Å². The molecule has 2 aromatic carbocycles. The molecule has 0 unspecified atom stereocenters. The van der Waals surface area contributed by atoms with Crippen LogP contribution in [0.3, 0.4) is 0 Å². The average molecular weight is 336 g/mol. The van der Waals surface area contributed by atoms with Crippen LogP contribution in [0.4, 0.5) is 10.5 Å². The van der Waals surface area contributed by atoms with Gasteiger partial charge in [-0.3, -0.25) is 9.69 Å². The SMILES string of the molecule is N[C@@H]1C[C@H]1c1ccc(CC(=O)c2cccc(N3CCOC3=O)c2)cc1. The van der Waals surface area contributed by atoms with Crippen LogP contribution in [-0.2, 0) is 11.2 Å². The predicted molar refractivity (Wildman–Crippen MR) is 94.9 cm³/mol. The molecule has 0 aromatic heterocycles. The Kier molecular flexibility index (Phi) is 4.01. The monoisotopic (exact) mass is 336 g/mol. The fraction of sp³-hybridized carbons (Fsp3) is 0.300. The number of benzene rings is 2. The summed E-state index contributed by atoms with van der Waals surface area (Å²) in [6.07, 6.45) is 1.02. The molecule has 5 heteroatoms. The predicted octanol–water partition coefficient (Wildman–Crippen LogP) is 2.88. The smallest absolute Gasteiger partial charge is 0.414 e. The topological polar surface area (TPSA) is 72.6 Å². The summed E-state index contributed by atoms with van der Waals surface area (Å²) in [5, 5.41) is 0. The van der Waals surface area contributed by atoms with Gasteiger partial charge in [-0.1, -0.05) is 36.4 Å². The van der Waals surface area contributed by atoms with Gasteiger partial charge in [-0.2, -0.15) is 0 Å². The molecule has 1 amide bonds. The Bertz CT molecular complexity index is 816. The van der Waals surface area contributed by atoms with E-state index in [9.17, 15) is 9.59 Å². The summed E-state index contributed by atoms with van der Waals surface area (Å²) < 4.78 is 4.95. The fourth-order valence-electron chi connectivity index (χ4n) is 3.24. The first-order valence-corrected chi connectivity index (χ1v) is 8.54. The van der Waals surface area contributed by atoms with Crippen molar-refractivity contribution in [2.45, 2.75) is 24.8 Å². The highest BCUT2D eigenvalue weighted by molar-refractivity contribution is 5.99. The molecule has 2 atom stereocenters. The van der Waals surface area contributed by atoms with Crippen LogP contribution < -0.4 is 10.6 Å². The van der Waals surface area contributed by atoms with Crippen molar-refractivity contribution < 1.29 is 14.3 Å². The number of cyclic esters (lactones) is 1. The van der Waals surface area contributed by atoms with Crippen molar-refractivity contribution in [3.63, 3.8) is 0 Å². The Balaban J connectivity index is 1.46. The summed E-state index contributed by atoms with van der Waals surface area (Å²) in [6.45, 7) is 0.898. The number of ketones is 1. The zero-order valence-electron chi connectivity index (χ0n) is 13.9. The molecule has 0 radical (unpaired) electrons. The van der Waals surface area contributed by atoms with E-state index >= 15 is 0 Å². The van der Waals surface area contributed by atoms with Crippen molar-refractivity contribution in [3.8, 4) is 0 Å². The molecule has 2 fully saturated rings. The lowest BCUT2D eigenvalue weighted by Crippen LogP contribution is -2.23. The molecule has 2 aliphatic rings. The Morgan fingerprint density at radius 3 is 2.60 bits per heavy atom. The van der Waals surface area contributed by atoms with E-state index in [2.05, 4.69) is 12.1 Å². The molecular formula is C20H20N2O3. The summed E-state index contributed by atoms with van der Waals surface area (Å²) in [5.74, 6) is 0.506. The largest absolute Gasteiger partial charge is 0.447 e. The minimum Gasteiger partial charge on any atom is -0.447 e. The van der Waals surface area contributed by atoms with Crippen LogP contribution in [0.25, 0.3) is 0 Å². The van der Waals surface area contributed by atoms with E-state index in [1.807, 2.05) is 18.2 Å². The second-order valence-corrected chi connectivity index (χ2v) is 6.66. The van der Waals surface area contributed by atoms with Crippen LogP contribution in [0, 0.1) is 0 Å². The standard InChI is InChI=1S/C20H20N2O3/c21-18-12-17(18)14-6-4-13(5-7-14)10-19(23)15-2-1-3-16(11-15)22-8-9-25-20(22)24/h1-7,11,17-18H,8-10,12,21H2/t17-,18+/m0/s1. The molecular weight excluding hydrogens is 316 g/mol. The maximum absolute atomic E-state index is 12.6. The van der Waals surface area contributed by atoms with Gasteiger partial charge < -0.3 is 10.5 Å². The lowest BCUT2D eigenvalue weighted by molar-refractivity contribution is 0.0993. The minimum absolute atomic E-state index is 0.0327. The Morgan fingerprint density at radius 1 is 1.20 bits per heavy atom. The number of nitrogens with zero attached hydrogens (tertiary/aromatic N) is 1. The second-order valence-electron chi connectivity index (χ2n) is 6.66. The molecule has 2 aromatic rings. The summed E-state index contributed by atoms with van der Waals surface area (Å²) in [4.78, 5) is 25.8. The van der Waals surface area contributed by atoms with Crippen molar-refractivity contribution in [1.82, 2.24) is 0 Å². The highest BCUT2D eigenvalue weighted by Crippen LogP contribution is 2.38. The zero-order valence-corrected chi connectivity index (χ0v) is 13.9. The summed E-state index contributed by atoms with van der Waals surface area (Å²) >= 11 is 0. The summed E-state index contributed by atoms with van der Waals surface area (Å²) in [6, 6.07) is 15.6. The van der Waals surface area contributed by atoms with Gasteiger partial charge in [0.25, 0.3) is 0 Å². The Labute approximate surface area is 146 Å². The van der Waals surface area contributed by atoms with Crippen LogP contribution >= 0.6 is 0 Å². The third-order valence-electron chi connectivity index (χ3n) is 4.85. The number of ether oxygens (including phenoxy) is 1. The number of carbonyl (C=O) groups excluding carboxylic acids is 2. The third-order valence-corrected chi connectivity index (χ3v) is 4.85. The fourth-order valence-corrected chi connectivity index (χ4v) is 3.24. The molecule has 1 aliphatic heterocycles. The highest BCUT2D eigenvalue weighted by Gasteiger charge is 2.34. The van der Waals surface area contributed by atoms with Gasteiger partial charge in [-0.05, 0) is 29.7 Å². The number of anilines is 1. The van der Waals surface area contributed by atoms with Gasteiger partial charge >= 0.3 is 6.09 Å². The molecule has 2 N–H and O–H groups in total. The van der Waals surface area contributed by atoms with Crippen LogP contribution in [0.1, 0.15) is 33.8 Å². The number of Topliss-reactive ketones (excluding diaryl/α,β-unsaturated/α-hetero) is 1. The second kappa shape index (κ2) is 6.33. The van der Waals surface area contributed by atoms with E-state index in [-0.39, 0.29) is 17.9 Å². The first kappa shape index (κ1) is 15.8. The highest BCUT2D eigenvalue weighted by atomic mass is 16.6. The van der Waals surface area contributed by atoms with Gasteiger partial charge in [0.05, 0.1) is 6.54 Å². The number of amides is 1. The lowest BCUT2D eigenvalue weighted by Gasteiger charge is -2.13. The molecule has 1 heterocycles. The summed E-state index contributed by atoms with van der Waals surface area (Å²) in [7, 11) is 0. The maximum atomic E-state index is 12.6. The van der Waals surface area contributed by atoms with Crippen molar-refractivity contribution in [3.05, 3.63) is 65.2 Å².